The molecule has 2 heterocycles. The number of para-hydroxylation sites is 1. The van der Waals surface area contributed by atoms with Crippen molar-refractivity contribution in [2.45, 2.75) is 24.0 Å². The van der Waals surface area contributed by atoms with Crippen LogP contribution < -0.4 is 9.62 Å². The highest BCUT2D eigenvalue weighted by Gasteiger charge is 2.31. The molecule has 1 aliphatic heterocycles. The third-order valence-electron chi connectivity index (χ3n) is 4.09. The van der Waals surface area contributed by atoms with Crippen molar-refractivity contribution in [1.82, 2.24) is 4.72 Å². The average molecular weight is 364 g/mol. The molecule has 128 valence electrons. The lowest BCUT2D eigenvalue weighted by Gasteiger charge is -2.16. The molecule has 1 N–H and O–H groups in total. The van der Waals surface area contributed by atoms with Gasteiger partial charge in [0, 0.05) is 30.1 Å². The third kappa shape index (κ3) is 3.68. The SMILES string of the molecule is CCc1ccc(S(=O)(=O)NCC2CC(=O)N(c3ccccc3)C2)s1. The normalized spacial score (nSPS) is 18.3. The topological polar surface area (TPSA) is 66.5 Å². The number of hydrogen-bond acceptors (Lipinski definition) is 4. The van der Waals surface area contributed by atoms with Gasteiger partial charge in [0.05, 0.1) is 0 Å². The highest BCUT2D eigenvalue weighted by atomic mass is 32.2. The Bertz CT molecular complexity index is 815. The summed E-state index contributed by atoms with van der Waals surface area (Å²) >= 11 is 1.29. The molecule has 1 aromatic carbocycles. The van der Waals surface area contributed by atoms with Crippen LogP contribution in [0, 0.1) is 5.92 Å². The molecule has 0 radical (unpaired) electrons. The summed E-state index contributed by atoms with van der Waals surface area (Å²) in [5.41, 5.74) is 0.860. The Morgan fingerprint density at radius 2 is 1.96 bits per heavy atom. The van der Waals surface area contributed by atoms with Crippen LogP contribution >= 0.6 is 11.3 Å². The summed E-state index contributed by atoms with van der Waals surface area (Å²) in [5, 5.41) is 0. The second-order valence-electron chi connectivity index (χ2n) is 5.84. The lowest BCUT2D eigenvalue weighted by molar-refractivity contribution is -0.117. The molecular formula is C17H20N2O3S2. The fraction of sp³-hybridized carbons (Fsp3) is 0.353. The quantitative estimate of drug-likeness (QED) is 0.857. The largest absolute Gasteiger partial charge is 0.312 e. The van der Waals surface area contributed by atoms with E-state index in [9.17, 15) is 13.2 Å². The second-order valence-corrected chi connectivity index (χ2v) is 9.00. The Labute approximate surface area is 146 Å². The van der Waals surface area contributed by atoms with Gasteiger partial charge in [-0.2, -0.15) is 0 Å². The first-order valence-electron chi connectivity index (χ1n) is 7.93. The van der Waals surface area contributed by atoms with Crippen LogP contribution in [0.2, 0.25) is 0 Å². The monoisotopic (exact) mass is 364 g/mol. The van der Waals surface area contributed by atoms with Gasteiger partial charge in [0.25, 0.3) is 0 Å². The highest BCUT2D eigenvalue weighted by Crippen LogP contribution is 2.26. The Morgan fingerprint density at radius 1 is 1.21 bits per heavy atom. The summed E-state index contributed by atoms with van der Waals surface area (Å²) in [6.45, 7) is 2.81. The zero-order valence-electron chi connectivity index (χ0n) is 13.4. The maximum Gasteiger partial charge on any atom is 0.250 e. The van der Waals surface area contributed by atoms with Gasteiger partial charge in [-0.15, -0.1) is 11.3 Å². The van der Waals surface area contributed by atoms with Crippen LogP contribution in [0.4, 0.5) is 5.69 Å². The number of aryl methyl sites for hydroxylation is 1. The maximum atomic E-state index is 12.4. The summed E-state index contributed by atoms with van der Waals surface area (Å²) in [6, 6.07) is 12.9. The minimum Gasteiger partial charge on any atom is -0.312 e. The molecule has 0 aliphatic carbocycles. The van der Waals surface area contributed by atoms with E-state index < -0.39 is 10.0 Å². The number of nitrogens with one attached hydrogen (secondary N) is 1. The van der Waals surface area contributed by atoms with E-state index in [0.717, 1.165) is 17.0 Å². The summed E-state index contributed by atoms with van der Waals surface area (Å²) in [4.78, 5) is 14.9. The average Bonchev–Trinajstić information content (AvgIpc) is 3.21. The van der Waals surface area contributed by atoms with Crippen LogP contribution in [0.15, 0.2) is 46.7 Å². The Morgan fingerprint density at radius 3 is 2.62 bits per heavy atom. The smallest absolute Gasteiger partial charge is 0.250 e. The van der Waals surface area contributed by atoms with Gasteiger partial charge in [-0.3, -0.25) is 4.79 Å². The van der Waals surface area contributed by atoms with Gasteiger partial charge < -0.3 is 4.90 Å². The number of carbonyl (C=O) groups excluding carboxylic acids is 1. The van der Waals surface area contributed by atoms with Crippen LogP contribution in [0.5, 0.6) is 0 Å². The number of nitrogens with zero attached hydrogens (tertiary/aromatic N) is 1. The molecule has 5 nitrogen and oxygen atoms in total. The van der Waals surface area contributed by atoms with Gasteiger partial charge in [0.2, 0.25) is 15.9 Å². The Kier molecular flexibility index (Phi) is 5.03. The van der Waals surface area contributed by atoms with Crippen molar-refractivity contribution in [2.24, 2.45) is 5.92 Å². The molecule has 3 rings (SSSR count). The molecular weight excluding hydrogens is 344 g/mol. The molecule has 1 aromatic heterocycles. The molecule has 7 heteroatoms. The van der Waals surface area contributed by atoms with E-state index in [1.165, 1.54) is 11.3 Å². The van der Waals surface area contributed by atoms with Gasteiger partial charge in [-0.05, 0) is 36.6 Å². The van der Waals surface area contributed by atoms with E-state index in [2.05, 4.69) is 4.72 Å². The van der Waals surface area contributed by atoms with E-state index in [0.29, 0.717) is 17.2 Å². The van der Waals surface area contributed by atoms with Crippen LogP contribution in [0.3, 0.4) is 0 Å². The van der Waals surface area contributed by atoms with Crippen molar-refractivity contribution in [3.63, 3.8) is 0 Å². The van der Waals surface area contributed by atoms with Gasteiger partial charge in [0.1, 0.15) is 4.21 Å². The number of anilines is 1. The van der Waals surface area contributed by atoms with Crippen molar-refractivity contribution in [3.8, 4) is 0 Å². The Balaban J connectivity index is 1.62. The van der Waals surface area contributed by atoms with Crippen molar-refractivity contribution in [2.75, 3.05) is 18.0 Å². The van der Waals surface area contributed by atoms with E-state index in [1.54, 1.807) is 11.0 Å². The fourth-order valence-electron chi connectivity index (χ4n) is 2.77. The van der Waals surface area contributed by atoms with Crippen LogP contribution in [0.1, 0.15) is 18.2 Å². The minimum atomic E-state index is -3.50. The predicted octanol–water partition coefficient (Wildman–Crippen LogP) is 2.64. The van der Waals surface area contributed by atoms with Gasteiger partial charge in [0.15, 0.2) is 0 Å². The lowest BCUT2D eigenvalue weighted by atomic mass is 10.1. The lowest BCUT2D eigenvalue weighted by Crippen LogP contribution is -2.31. The number of thiophene rings is 1. The van der Waals surface area contributed by atoms with Crippen molar-refractivity contribution < 1.29 is 13.2 Å². The van der Waals surface area contributed by atoms with Crippen molar-refractivity contribution in [3.05, 3.63) is 47.3 Å². The number of carbonyl (C=O) groups is 1. The third-order valence-corrected chi connectivity index (χ3v) is 7.23. The summed E-state index contributed by atoms with van der Waals surface area (Å²) in [6.07, 6.45) is 1.19. The number of amides is 1. The first-order valence-corrected chi connectivity index (χ1v) is 10.2. The van der Waals surface area contributed by atoms with Crippen molar-refractivity contribution >= 4 is 33.0 Å². The summed E-state index contributed by atoms with van der Waals surface area (Å²) in [7, 11) is -3.50. The molecule has 1 fully saturated rings. The van der Waals surface area contributed by atoms with Crippen LogP contribution in [-0.2, 0) is 21.2 Å². The fourth-order valence-corrected chi connectivity index (χ4v) is 5.22. The maximum absolute atomic E-state index is 12.4. The van der Waals surface area contributed by atoms with E-state index in [4.69, 9.17) is 0 Å². The first-order chi connectivity index (χ1) is 11.5. The van der Waals surface area contributed by atoms with Crippen molar-refractivity contribution in [1.29, 1.82) is 0 Å². The first kappa shape index (κ1) is 17.1. The Hall–Kier alpha value is -1.70. The molecule has 2 aromatic rings. The number of benzene rings is 1. The molecule has 1 saturated heterocycles. The van der Waals surface area contributed by atoms with E-state index in [1.807, 2.05) is 43.3 Å². The van der Waals surface area contributed by atoms with Crippen LogP contribution in [0.25, 0.3) is 0 Å². The van der Waals surface area contributed by atoms with Gasteiger partial charge in [-0.1, -0.05) is 25.1 Å². The number of rotatable bonds is 6. The molecule has 1 aliphatic rings. The second kappa shape index (κ2) is 7.04. The van der Waals surface area contributed by atoms with Crippen LogP contribution in [-0.4, -0.2) is 27.4 Å². The standard InChI is InChI=1S/C17H20N2O3S2/c1-2-15-8-9-17(23-15)24(21,22)18-11-13-10-16(20)19(12-13)14-6-4-3-5-7-14/h3-9,13,18H,2,10-12H2,1H3. The molecule has 1 atom stereocenters. The van der Waals surface area contributed by atoms with Gasteiger partial charge in [-0.25, -0.2) is 13.1 Å². The summed E-state index contributed by atoms with van der Waals surface area (Å²) < 4.78 is 27.7. The summed E-state index contributed by atoms with van der Waals surface area (Å²) in [5.74, 6) is 0.0212. The molecule has 0 bridgehead atoms. The van der Waals surface area contributed by atoms with E-state index >= 15 is 0 Å². The van der Waals surface area contributed by atoms with Gasteiger partial charge >= 0.3 is 0 Å². The zero-order valence-corrected chi connectivity index (χ0v) is 15.1. The number of hydrogen-bond donors (Lipinski definition) is 1. The highest BCUT2D eigenvalue weighted by molar-refractivity contribution is 7.91. The number of sulfonamides is 1. The zero-order chi connectivity index (χ0) is 17.2. The predicted molar refractivity (Wildman–Crippen MR) is 95.8 cm³/mol. The molecule has 0 saturated carbocycles. The minimum absolute atomic E-state index is 0.0157. The molecule has 1 amide bonds. The molecule has 1 unspecified atom stereocenters. The van der Waals surface area contributed by atoms with E-state index in [-0.39, 0.29) is 18.4 Å². The molecule has 24 heavy (non-hydrogen) atoms. The molecule has 0 spiro atoms.